The summed E-state index contributed by atoms with van der Waals surface area (Å²) in [5.74, 6) is 0.277. The van der Waals surface area contributed by atoms with E-state index in [4.69, 9.17) is 0 Å². The van der Waals surface area contributed by atoms with Crippen LogP contribution >= 0.6 is 11.3 Å². The summed E-state index contributed by atoms with van der Waals surface area (Å²) >= 11 is 1.58. The van der Waals surface area contributed by atoms with Crippen LogP contribution in [-0.2, 0) is 0 Å². The summed E-state index contributed by atoms with van der Waals surface area (Å²) in [5, 5.41) is 13.7. The zero-order valence-corrected chi connectivity index (χ0v) is 14.4. The number of pyridine rings is 1. The molecule has 2 aromatic heterocycles. The van der Waals surface area contributed by atoms with Gasteiger partial charge in [0.2, 0.25) is 6.35 Å². The van der Waals surface area contributed by atoms with E-state index in [1.54, 1.807) is 22.3 Å². The van der Waals surface area contributed by atoms with Crippen molar-refractivity contribution in [1.29, 1.82) is 0 Å². The van der Waals surface area contributed by atoms with Gasteiger partial charge in [0, 0.05) is 24.0 Å². The van der Waals surface area contributed by atoms with E-state index >= 15 is 0 Å². The number of benzene rings is 1. The molecule has 1 N–H and O–H groups in total. The fraction of sp³-hybridized carbons (Fsp3) is 0.316. The molecule has 0 spiro atoms. The minimum Gasteiger partial charge on any atom is -0.356 e. The molecule has 1 saturated heterocycles. The zero-order valence-electron chi connectivity index (χ0n) is 13.6. The lowest BCUT2D eigenvalue weighted by atomic mass is 10.1. The van der Waals surface area contributed by atoms with Crippen molar-refractivity contribution in [2.45, 2.75) is 25.1 Å². The number of anilines is 2. The van der Waals surface area contributed by atoms with E-state index in [-0.39, 0.29) is 5.82 Å². The Morgan fingerprint density at radius 3 is 2.72 bits per heavy atom. The molecule has 1 atom stereocenters. The van der Waals surface area contributed by atoms with Crippen LogP contribution in [0.4, 0.5) is 15.8 Å². The first-order valence-electron chi connectivity index (χ1n) is 8.54. The SMILES string of the molecule is OC1N(c2cc3sccc3cc2F)CCN1c1cnccc1C1CC1. The van der Waals surface area contributed by atoms with Gasteiger partial charge in [-0.3, -0.25) is 4.98 Å². The van der Waals surface area contributed by atoms with E-state index in [1.165, 1.54) is 18.4 Å². The van der Waals surface area contributed by atoms with E-state index < -0.39 is 6.35 Å². The monoisotopic (exact) mass is 355 g/mol. The van der Waals surface area contributed by atoms with Crippen LogP contribution in [-0.4, -0.2) is 29.5 Å². The van der Waals surface area contributed by atoms with Crippen molar-refractivity contribution in [1.82, 2.24) is 4.98 Å². The van der Waals surface area contributed by atoms with Crippen LogP contribution in [0.25, 0.3) is 10.1 Å². The third-order valence-corrected chi connectivity index (χ3v) is 6.01. The lowest BCUT2D eigenvalue weighted by molar-refractivity contribution is 0.187. The summed E-state index contributed by atoms with van der Waals surface area (Å²) in [6.45, 7) is 1.22. The van der Waals surface area contributed by atoms with E-state index in [2.05, 4.69) is 4.98 Å². The van der Waals surface area contributed by atoms with Gasteiger partial charge >= 0.3 is 0 Å². The highest BCUT2D eigenvalue weighted by atomic mass is 32.1. The fourth-order valence-corrected chi connectivity index (χ4v) is 4.48. The lowest BCUT2D eigenvalue weighted by Gasteiger charge is -2.29. The first-order chi connectivity index (χ1) is 12.2. The van der Waals surface area contributed by atoms with Gasteiger partial charge in [-0.15, -0.1) is 11.3 Å². The van der Waals surface area contributed by atoms with Crippen molar-refractivity contribution in [3.05, 3.63) is 53.4 Å². The molecule has 0 amide bonds. The molecule has 0 radical (unpaired) electrons. The lowest BCUT2D eigenvalue weighted by Crippen LogP contribution is -2.39. The average molecular weight is 355 g/mol. The van der Waals surface area contributed by atoms with Gasteiger partial charge in [0.05, 0.1) is 17.6 Å². The quantitative estimate of drug-likeness (QED) is 0.773. The van der Waals surface area contributed by atoms with Gasteiger partial charge in [0.1, 0.15) is 5.82 Å². The summed E-state index contributed by atoms with van der Waals surface area (Å²) in [7, 11) is 0. The van der Waals surface area contributed by atoms with Crippen LogP contribution in [0.2, 0.25) is 0 Å². The minimum atomic E-state index is -0.881. The van der Waals surface area contributed by atoms with Crippen LogP contribution in [0.5, 0.6) is 0 Å². The maximum Gasteiger partial charge on any atom is 0.208 e. The highest BCUT2D eigenvalue weighted by Gasteiger charge is 2.36. The summed E-state index contributed by atoms with van der Waals surface area (Å²) < 4.78 is 15.6. The van der Waals surface area contributed by atoms with Gasteiger partial charge in [0.25, 0.3) is 0 Å². The van der Waals surface area contributed by atoms with Crippen LogP contribution in [0.1, 0.15) is 24.3 Å². The number of aromatic nitrogens is 1. The summed E-state index contributed by atoms with van der Waals surface area (Å²) in [6, 6.07) is 7.35. The third kappa shape index (κ3) is 2.48. The number of hydrogen-bond acceptors (Lipinski definition) is 5. The van der Waals surface area contributed by atoms with Crippen LogP contribution in [0.15, 0.2) is 42.0 Å². The molecule has 1 aliphatic carbocycles. The maximum absolute atomic E-state index is 14.6. The Bertz CT molecular complexity index is 939. The smallest absolute Gasteiger partial charge is 0.208 e. The Kier molecular flexibility index (Phi) is 3.43. The number of fused-ring (bicyclic) bond motifs is 1. The van der Waals surface area contributed by atoms with Crippen LogP contribution in [0.3, 0.4) is 0 Å². The molecule has 1 aromatic carbocycles. The van der Waals surface area contributed by atoms with E-state index in [9.17, 15) is 9.50 Å². The topological polar surface area (TPSA) is 39.6 Å². The molecule has 2 fully saturated rings. The number of aliphatic hydroxyl groups is 1. The van der Waals surface area contributed by atoms with Crippen molar-refractivity contribution < 1.29 is 9.50 Å². The zero-order chi connectivity index (χ0) is 17.0. The fourth-order valence-electron chi connectivity index (χ4n) is 3.67. The molecule has 3 heterocycles. The third-order valence-electron chi connectivity index (χ3n) is 5.13. The molecule has 128 valence electrons. The predicted octanol–water partition coefficient (Wildman–Crippen LogP) is 3.92. The number of thiophene rings is 1. The Morgan fingerprint density at radius 1 is 1.12 bits per heavy atom. The van der Waals surface area contributed by atoms with Crippen molar-refractivity contribution in [3.63, 3.8) is 0 Å². The molecule has 6 heteroatoms. The number of aliphatic hydroxyl groups excluding tert-OH is 1. The number of halogens is 1. The largest absolute Gasteiger partial charge is 0.356 e. The van der Waals surface area contributed by atoms with Gasteiger partial charge in [-0.25, -0.2) is 4.39 Å². The Balaban J connectivity index is 1.50. The highest BCUT2D eigenvalue weighted by molar-refractivity contribution is 7.17. The van der Waals surface area contributed by atoms with Crippen LogP contribution in [0, 0.1) is 5.82 Å². The minimum absolute atomic E-state index is 0.291. The van der Waals surface area contributed by atoms with Crippen molar-refractivity contribution in [3.8, 4) is 0 Å². The second kappa shape index (κ2) is 5.68. The molecule has 5 rings (SSSR count). The van der Waals surface area contributed by atoms with Gasteiger partial charge in [0.15, 0.2) is 0 Å². The normalized spacial score (nSPS) is 20.6. The van der Waals surface area contributed by atoms with E-state index in [0.29, 0.717) is 24.7 Å². The van der Waals surface area contributed by atoms with Gasteiger partial charge in [-0.2, -0.15) is 0 Å². The second-order valence-electron chi connectivity index (χ2n) is 6.70. The van der Waals surface area contributed by atoms with Gasteiger partial charge in [-0.05, 0) is 59.4 Å². The molecule has 1 saturated carbocycles. The average Bonchev–Trinajstić information content (AvgIpc) is 3.26. The van der Waals surface area contributed by atoms with Crippen LogP contribution < -0.4 is 9.80 Å². The highest BCUT2D eigenvalue weighted by Crippen LogP contribution is 2.45. The van der Waals surface area contributed by atoms with Gasteiger partial charge < -0.3 is 14.9 Å². The molecular weight excluding hydrogens is 337 g/mol. The number of hydrogen-bond donors (Lipinski definition) is 1. The molecule has 1 aliphatic heterocycles. The number of rotatable bonds is 3. The molecular formula is C19H18FN3OS. The van der Waals surface area contributed by atoms with Gasteiger partial charge in [-0.1, -0.05) is 0 Å². The Hall–Kier alpha value is -2.18. The molecule has 3 aromatic rings. The molecule has 0 bridgehead atoms. The predicted molar refractivity (Wildman–Crippen MR) is 98.7 cm³/mol. The summed E-state index contributed by atoms with van der Waals surface area (Å²) in [5.41, 5.74) is 2.67. The van der Waals surface area contributed by atoms with Crippen molar-refractivity contribution >= 4 is 32.8 Å². The molecule has 2 aliphatic rings. The summed E-state index contributed by atoms with van der Waals surface area (Å²) in [4.78, 5) is 7.90. The summed E-state index contributed by atoms with van der Waals surface area (Å²) in [6.07, 6.45) is 5.12. The maximum atomic E-state index is 14.6. The van der Waals surface area contributed by atoms with Crippen molar-refractivity contribution in [2.75, 3.05) is 22.9 Å². The number of nitrogens with zero attached hydrogens (tertiary/aromatic N) is 3. The molecule has 25 heavy (non-hydrogen) atoms. The second-order valence-corrected chi connectivity index (χ2v) is 7.65. The molecule has 4 nitrogen and oxygen atoms in total. The van der Waals surface area contributed by atoms with Crippen molar-refractivity contribution in [2.24, 2.45) is 0 Å². The molecule has 1 unspecified atom stereocenters. The first-order valence-corrected chi connectivity index (χ1v) is 9.42. The first kappa shape index (κ1) is 15.1. The Morgan fingerprint density at radius 2 is 1.92 bits per heavy atom. The standard InChI is InChI=1S/C19H18FN3OS/c20-15-9-13-4-8-25-18(13)10-16(15)22-6-7-23(19(22)24)17-11-21-5-3-14(17)12-1-2-12/h3-5,8-12,19,24H,1-2,6-7H2. The van der Waals surface area contributed by atoms with E-state index in [0.717, 1.165) is 15.8 Å². The Labute approximate surface area is 149 Å². The van der Waals surface area contributed by atoms with E-state index in [1.807, 2.05) is 40.9 Å².